The molecule has 4 nitrogen and oxygen atoms in total. The van der Waals surface area contributed by atoms with Gasteiger partial charge in [0.15, 0.2) is 0 Å². The predicted octanol–water partition coefficient (Wildman–Crippen LogP) is 2.69. The Morgan fingerprint density at radius 2 is 1.55 bits per heavy atom. The normalized spacial score (nSPS) is 11.4. The van der Waals surface area contributed by atoms with Crippen LogP contribution in [0.4, 0.5) is 0 Å². The second-order valence-electron chi connectivity index (χ2n) is 4.41. The second-order valence-corrected chi connectivity index (χ2v) is 5.83. The third-order valence-corrected chi connectivity index (χ3v) is 3.74. The van der Waals surface area contributed by atoms with Gasteiger partial charge in [0.05, 0.1) is 18.1 Å². The van der Waals surface area contributed by atoms with Gasteiger partial charge in [0.2, 0.25) is 0 Å². The zero-order valence-corrected chi connectivity index (χ0v) is 11.7. The lowest BCUT2D eigenvalue weighted by atomic mass is 10.2. The molecule has 0 atom stereocenters. The Balaban J connectivity index is 1.80. The van der Waals surface area contributed by atoms with E-state index in [1.165, 1.54) is 12.1 Å². The van der Waals surface area contributed by atoms with Crippen LogP contribution in [0, 0.1) is 0 Å². The van der Waals surface area contributed by atoms with Crippen LogP contribution in [-0.4, -0.2) is 19.6 Å². The quantitative estimate of drug-likeness (QED) is 0.657. The smallest absolute Gasteiger partial charge is 0.294 e. The van der Waals surface area contributed by atoms with Crippen molar-refractivity contribution >= 4 is 10.1 Å². The molecule has 0 unspecified atom stereocenters. The fraction of sp³-hybridized carbons (Fsp3) is 0.200. The Morgan fingerprint density at radius 3 is 2.15 bits per heavy atom. The molecular formula is C15H16O4S. The Morgan fingerprint density at radius 1 is 0.900 bits per heavy atom. The van der Waals surface area contributed by atoms with Crippen molar-refractivity contribution in [1.29, 1.82) is 0 Å². The fourth-order valence-electron chi connectivity index (χ4n) is 1.78. The van der Waals surface area contributed by atoms with E-state index >= 15 is 0 Å². The van der Waals surface area contributed by atoms with Crippen LogP contribution in [0.25, 0.3) is 0 Å². The summed E-state index contributed by atoms with van der Waals surface area (Å²) >= 11 is 0. The van der Waals surface area contributed by atoms with Gasteiger partial charge in [-0.1, -0.05) is 42.5 Å². The summed E-state index contributed by atoms with van der Waals surface area (Å²) in [7, 11) is -4.11. The lowest BCUT2D eigenvalue weighted by Gasteiger charge is -2.05. The maximum Gasteiger partial charge on any atom is 0.294 e. The van der Waals surface area contributed by atoms with Gasteiger partial charge in [-0.25, -0.2) is 0 Å². The van der Waals surface area contributed by atoms with Crippen LogP contribution < -0.4 is 0 Å². The van der Waals surface area contributed by atoms with Crippen molar-refractivity contribution in [2.75, 3.05) is 6.61 Å². The van der Waals surface area contributed by atoms with E-state index < -0.39 is 10.1 Å². The van der Waals surface area contributed by atoms with E-state index in [0.29, 0.717) is 19.6 Å². The molecule has 1 N–H and O–H groups in total. The van der Waals surface area contributed by atoms with E-state index in [2.05, 4.69) is 0 Å². The van der Waals surface area contributed by atoms with Crippen molar-refractivity contribution in [1.82, 2.24) is 0 Å². The van der Waals surface area contributed by atoms with Crippen molar-refractivity contribution in [3.05, 3.63) is 65.7 Å². The summed E-state index contributed by atoms with van der Waals surface area (Å²) in [5, 5.41) is 0. The third-order valence-electron chi connectivity index (χ3n) is 2.87. The van der Waals surface area contributed by atoms with Crippen LogP contribution >= 0.6 is 0 Å². The fourth-order valence-corrected chi connectivity index (χ4v) is 2.26. The lowest BCUT2D eigenvalue weighted by Crippen LogP contribution is -2.01. The van der Waals surface area contributed by atoms with Gasteiger partial charge in [-0.15, -0.1) is 0 Å². The number of benzene rings is 2. The molecule has 0 amide bonds. The first-order valence-electron chi connectivity index (χ1n) is 6.24. The maximum atomic E-state index is 10.9. The number of hydrogen-bond donors (Lipinski definition) is 1. The molecule has 106 valence electrons. The average molecular weight is 292 g/mol. The minimum Gasteiger partial charge on any atom is -0.376 e. The van der Waals surface area contributed by atoms with Gasteiger partial charge in [-0.05, 0) is 29.7 Å². The van der Waals surface area contributed by atoms with Crippen molar-refractivity contribution in [2.24, 2.45) is 0 Å². The molecule has 0 aromatic heterocycles. The highest BCUT2D eigenvalue weighted by Gasteiger charge is 2.08. The number of rotatable bonds is 6. The van der Waals surface area contributed by atoms with E-state index in [4.69, 9.17) is 9.29 Å². The molecule has 0 radical (unpaired) electrons. The van der Waals surface area contributed by atoms with E-state index in [-0.39, 0.29) is 4.90 Å². The highest BCUT2D eigenvalue weighted by Crippen LogP contribution is 2.11. The van der Waals surface area contributed by atoms with Crippen LogP contribution in [0.1, 0.15) is 11.1 Å². The summed E-state index contributed by atoms with van der Waals surface area (Å²) in [6, 6.07) is 16.0. The van der Waals surface area contributed by atoms with Crippen molar-refractivity contribution in [2.45, 2.75) is 17.9 Å². The molecule has 0 saturated heterocycles. The predicted molar refractivity (Wildman–Crippen MR) is 76.1 cm³/mol. The van der Waals surface area contributed by atoms with E-state index in [1.54, 1.807) is 12.1 Å². The zero-order valence-electron chi connectivity index (χ0n) is 10.9. The zero-order chi connectivity index (χ0) is 14.4. The summed E-state index contributed by atoms with van der Waals surface area (Å²) < 4.78 is 36.2. The van der Waals surface area contributed by atoms with Gasteiger partial charge in [-0.3, -0.25) is 4.55 Å². The van der Waals surface area contributed by atoms with Gasteiger partial charge in [-0.2, -0.15) is 8.42 Å². The van der Waals surface area contributed by atoms with Gasteiger partial charge < -0.3 is 4.74 Å². The van der Waals surface area contributed by atoms with Crippen molar-refractivity contribution < 1.29 is 17.7 Å². The molecule has 20 heavy (non-hydrogen) atoms. The minimum absolute atomic E-state index is 0.0912. The highest BCUT2D eigenvalue weighted by atomic mass is 32.2. The summed E-state index contributed by atoms with van der Waals surface area (Å²) in [5.74, 6) is 0. The summed E-state index contributed by atoms with van der Waals surface area (Å²) in [5.41, 5.74) is 2.08. The van der Waals surface area contributed by atoms with Crippen molar-refractivity contribution in [3.8, 4) is 0 Å². The average Bonchev–Trinajstić information content (AvgIpc) is 2.44. The molecule has 0 fully saturated rings. The number of hydrogen-bond acceptors (Lipinski definition) is 3. The topological polar surface area (TPSA) is 63.6 Å². The van der Waals surface area contributed by atoms with Crippen LogP contribution in [0.5, 0.6) is 0 Å². The van der Waals surface area contributed by atoms with Crippen LogP contribution in [-0.2, 0) is 27.9 Å². The maximum absolute atomic E-state index is 10.9. The van der Waals surface area contributed by atoms with E-state index in [1.807, 2.05) is 30.3 Å². The van der Waals surface area contributed by atoms with E-state index in [0.717, 1.165) is 11.1 Å². The standard InChI is InChI=1S/C15H16O4S/c16-20(17,18)15-8-6-13(7-9-15)10-11-19-12-14-4-2-1-3-5-14/h1-9H,10-12H2,(H,16,17,18). The van der Waals surface area contributed by atoms with Gasteiger partial charge in [0.1, 0.15) is 0 Å². The van der Waals surface area contributed by atoms with E-state index in [9.17, 15) is 8.42 Å². The molecule has 0 aliphatic heterocycles. The Hall–Kier alpha value is -1.69. The molecule has 0 aliphatic carbocycles. The Labute approximate surface area is 118 Å². The highest BCUT2D eigenvalue weighted by molar-refractivity contribution is 7.85. The van der Waals surface area contributed by atoms with Crippen LogP contribution in [0.3, 0.4) is 0 Å². The molecule has 2 aromatic carbocycles. The molecule has 5 heteroatoms. The summed E-state index contributed by atoms with van der Waals surface area (Å²) in [4.78, 5) is -0.0912. The van der Waals surface area contributed by atoms with Crippen LogP contribution in [0.15, 0.2) is 59.5 Å². The first kappa shape index (κ1) is 14.7. The van der Waals surface area contributed by atoms with Crippen LogP contribution in [0.2, 0.25) is 0 Å². The molecule has 2 rings (SSSR count). The summed E-state index contributed by atoms with van der Waals surface area (Å²) in [6.45, 7) is 1.12. The first-order valence-corrected chi connectivity index (χ1v) is 7.68. The Bertz CT molecular complexity index is 633. The first-order chi connectivity index (χ1) is 9.55. The second kappa shape index (κ2) is 6.65. The molecule has 0 heterocycles. The number of ether oxygens (including phenoxy) is 1. The molecule has 0 spiro atoms. The Kier molecular flexibility index (Phi) is 4.89. The minimum atomic E-state index is -4.11. The third kappa shape index (κ3) is 4.45. The SMILES string of the molecule is O=S(=O)(O)c1ccc(CCOCc2ccccc2)cc1. The van der Waals surface area contributed by atoms with Gasteiger partial charge >= 0.3 is 0 Å². The molecule has 0 aliphatic rings. The monoisotopic (exact) mass is 292 g/mol. The van der Waals surface area contributed by atoms with Gasteiger partial charge in [0.25, 0.3) is 10.1 Å². The van der Waals surface area contributed by atoms with Gasteiger partial charge in [0, 0.05) is 0 Å². The molecular weight excluding hydrogens is 276 g/mol. The van der Waals surface area contributed by atoms with Crippen molar-refractivity contribution in [3.63, 3.8) is 0 Å². The lowest BCUT2D eigenvalue weighted by molar-refractivity contribution is 0.124. The molecule has 0 bridgehead atoms. The molecule has 0 saturated carbocycles. The largest absolute Gasteiger partial charge is 0.376 e. The summed E-state index contributed by atoms with van der Waals surface area (Å²) in [6.07, 6.45) is 0.693. The molecule has 2 aromatic rings.